The zero-order valence-electron chi connectivity index (χ0n) is 5.74. The zero-order valence-corrected chi connectivity index (χ0v) is 5.74. The lowest BCUT2D eigenvalue weighted by Crippen LogP contribution is -2.30. The fourth-order valence-electron chi connectivity index (χ4n) is 1.27. The molecule has 0 unspecified atom stereocenters. The summed E-state index contributed by atoms with van der Waals surface area (Å²) in [6, 6.07) is 0. The second-order valence-electron chi connectivity index (χ2n) is 3.10. The van der Waals surface area contributed by atoms with Gasteiger partial charge >= 0.3 is 0 Å². The molecular formula is C7H14O. The van der Waals surface area contributed by atoms with Crippen molar-refractivity contribution in [3.8, 4) is 0 Å². The van der Waals surface area contributed by atoms with Crippen molar-refractivity contribution in [1.82, 2.24) is 0 Å². The molecule has 1 heteroatoms. The second-order valence-corrected chi connectivity index (χ2v) is 3.10. The Kier molecular flexibility index (Phi) is 1.57. The lowest BCUT2D eigenvalue weighted by atomic mass is 9.71. The van der Waals surface area contributed by atoms with Crippen molar-refractivity contribution in [2.75, 3.05) is 13.7 Å². The predicted molar refractivity (Wildman–Crippen MR) is 33.8 cm³/mol. The summed E-state index contributed by atoms with van der Waals surface area (Å²) in [4.78, 5) is 0. The average Bonchev–Trinajstić information content (AvgIpc) is 1.64. The third-order valence-corrected chi connectivity index (χ3v) is 2.05. The first-order chi connectivity index (χ1) is 3.77. The van der Waals surface area contributed by atoms with Gasteiger partial charge in [0.1, 0.15) is 0 Å². The molecule has 0 atom stereocenters. The van der Waals surface area contributed by atoms with E-state index in [1.54, 1.807) is 7.11 Å². The molecule has 0 saturated heterocycles. The third kappa shape index (κ3) is 1.03. The maximum absolute atomic E-state index is 5.05. The van der Waals surface area contributed by atoms with E-state index in [9.17, 15) is 0 Å². The van der Waals surface area contributed by atoms with Crippen molar-refractivity contribution in [2.24, 2.45) is 5.41 Å². The number of hydrogen-bond acceptors (Lipinski definition) is 1. The number of methoxy groups -OCH3 is 1. The van der Waals surface area contributed by atoms with E-state index in [1.165, 1.54) is 19.3 Å². The molecule has 0 spiro atoms. The quantitative estimate of drug-likeness (QED) is 0.532. The van der Waals surface area contributed by atoms with Gasteiger partial charge in [0.05, 0.1) is 6.61 Å². The monoisotopic (exact) mass is 114 g/mol. The Labute approximate surface area is 51.0 Å². The van der Waals surface area contributed by atoms with Gasteiger partial charge in [-0.2, -0.15) is 0 Å². The molecule has 0 heterocycles. The SMILES string of the molecule is COCC1(C)CCC1. The standard InChI is InChI=1S/C7H14O/c1-7(6-8-2)4-3-5-7/h3-6H2,1-2H3. The minimum Gasteiger partial charge on any atom is -0.384 e. The molecule has 1 fully saturated rings. The van der Waals surface area contributed by atoms with Crippen LogP contribution in [0.2, 0.25) is 0 Å². The number of hydrogen-bond donors (Lipinski definition) is 0. The van der Waals surface area contributed by atoms with Gasteiger partial charge in [-0.3, -0.25) is 0 Å². The van der Waals surface area contributed by atoms with Gasteiger partial charge in [-0.1, -0.05) is 13.3 Å². The molecule has 8 heavy (non-hydrogen) atoms. The predicted octanol–water partition coefficient (Wildman–Crippen LogP) is 1.82. The first-order valence-electron chi connectivity index (χ1n) is 3.26. The van der Waals surface area contributed by atoms with Crippen molar-refractivity contribution in [3.63, 3.8) is 0 Å². The first kappa shape index (κ1) is 6.09. The highest BCUT2D eigenvalue weighted by Crippen LogP contribution is 2.39. The van der Waals surface area contributed by atoms with Crippen LogP contribution in [-0.4, -0.2) is 13.7 Å². The second kappa shape index (κ2) is 2.06. The largest absolute Gasteiger partial charge is 0.384 e. The van der Waals surface area contributed by atoms with Crippen LogP contribution < -0.4 is 0 Å². The summed E-state index contributed by atoms with van der Waals surface area (Å²) in [5.41, 5.74) is 0.550. The topological polar surface area (TPSA) is 9.23 Å². The van der Waals surface area contributed by atoms with Gasteiger partial charge in [0.25, 0.3) is 0 Å². The highest BCUT2D eigenvalue weighted by Gasteiger charge is 2.31. The van der Waals surface area contributed by atoms with Crippen LogP contribution in [-0.2, 0) is 4.74 Å². The molecule has 0 bridgehead atoms. The summed E-state index contributed by atoms with van der Waals surface area (Å²) in [5.74, 6) is 0. The molecule has 0 aromatic rings. The van der Waals surface area contributed by atoms with Gasteiger partial charge in [-0.15, -0.1) is 0 Å². The highest BCUT2D eigenvalue weighted by atomic mass is 16.5. The molecule has 0 radical (unpaired) electrons. The van der Waals surface area contributed by atoms with E-state index in [4.69, 9.17) is 4.74 Å². The van der Waals surface area contributed by atoms with Crippen LogP contribution in [0, 0.1) is 5.41 Å². The molecule has 1 saturated carbocycles. The molecule has 0 aliphatic heterocycles. The molecule has 0 aromatic carbocycles. The Morgan fingerprint density at radius 1 is 1.50 bits per heavy atom. The molecule has 48 valence electrons. The number of ether oxygens (including phenoxy) is 1. The average molecular weight is 114 g/mol. The summed E-state index contributed by atoms with van der Waals surface area (Å²) in [6.07, 6.45) is 4.13. The van der Waals surface area contributed by atoms with Crippen molar-refractivity contribution in [1.29, 1.82) is 0 Å². The van der Waals surface area contributed by atoms with Crippen molar-refractivity contribution in [2.45, 2.75) is 26.2 Å². The van der Waals surface area contributed by atoms with Gasteiger partial charge in [-0.25, -0.2) is 0 Å². The zero-order chi connectivity index (χ0) is 6.04. The lowest BCUT2D eigenvalue weighted by molar-refractivity contribution is 0.0332. The van der Waals surface area contributed by atoms with Crippen LogP contribution in [0.25, 0.3) is 0 Å². The minimum atomic E-state index is 0.550. The first-order valence-corrected chi connectivity index (χ1v) is 3.26. The minimum absolute atomic E-state index is 0.550. The highest BCUT2D eigenvalue weighted by molar-refractivity contribution is 4.82. The van der Waals surface area contributed by atoms with E-state index in [0.717, 1.165) is 6.61 Å². The van der Waals surface area contributed by atoms with Gasteiger partial charge < -0.3 is 4.74 Å². The normalized spacial score (nSPS) is 24.8. The third-order valence-electron chi connectivity index (χ3n) is 2.05. The van der Waals surface area contributed by atoms with Crippen LogP contribution in [0.3, 0.4) is 0 Å². The van der Waals surface area contributed by atoms with Crippen LogP contribution in [0.5, 0.6) is 0 Å². The smallest absolute Gasteiger partial charge is 0.0515 e. The fraction of sp³-hybridized carbons (Fsp3) is 1.00. The Morgan fingerprint density at radius 2 is 2.12 bits per heavy atom. The number of rotatable bonds is 2. The van der Waals surface area contributed by atoms with Crippen LogP contribution in [0.4, 0.5) is 0 Å². The van der Waals surface area contributed by atoms with E-state index in [-0.39, 0.29) is 0 Å². The van der Waals surface area contributed by atoms with Gasteiger partial charge in [0, 0.05) is 7.11 Å². The molecule has 1 aliphatic carbocycles. The summed E-state index contributed by atoms with van der Waals surface area (Å²) >= 11 is 0. The van der Waals surface area contributed by atoms with Gasteiger partial charge in [0.2, 0.25) is 0 Å². The molecule has 1 aliphatic rings. The lowest BCUT2D eigenvalue weighted by Gasteiger charge is -2.37. The molecular weight excluding hydrogens is 100 g/mol. The van der Waals surface area contributed by atoms with E-state index < -0.39 is 0 Å². The van der Waals surface area contributed by atoms with Gasteiger partial charge in [-0.05, 0) is 18.3 Å². The summed E-state index contributed by atoms with van der Waals surface area (Å²) in [7, 11) is 1.78. The fourth-order valence-corrected chi connectivity index (χ4v) is 1.27. The van der Waals surface area contributed by atoms with Crippen LogP contribution >= 0.6 is 0 Å². The molecule has 0 amide bonds. The Hall–Kier alpha value is -0.0400. The Morgan fingerprint density at radius 3 is 2.25 bits per heavy atom. The summed E-state index contributed by atoms with van der Waals surface area (Å²) in [6.45, 7) is 3.24. The maximum Gasteiger partial charge on any atom is 0.0515 e. The molecule has 0 aromatic heterocycles. The van der Waals surface area contributed by atoms with Gasteiger partial charge in [0.15, 0.2) is 0 Å². The Bertz CT molecular complexity index is 74.5. The maximum atomic E-state index is 5.05. The summed E-state index contributed by atoms with van der Waals surface area (Å²) < 4.78 is 5.05. The van der Waals surface area contributed by atoms with E-state index in [1.807, 2.05) is 0 Å². The van der Waals surface area contributed by atoms with Crippen molar-refractivity contribution >= 4 is 0 Å². The van der Waals surface area contributed by atoms with Crippen molar-refractivity contribution in [3.05, 3.63) is 0 Å². The van der Waals surface area contributed by atoms with Crippen molar-refractivity contribution < 1.29 is 4.74 Å². The molecule has 1 rings (SSSR count). The molecule has 1 nitrogen and oxygen atoms in total. The van der Waals surface area contributed by atoms with E-state index >= 15 is 0 Å². The Balaban J connectivity index is 2.20. The van der Waals surface area contributed by atoms with E-state index in [2.05, 4.69) is 6.92 Å². The van der Waals surface area contributed by atoms with Crippen LogP contribution in [0.15, 0.2) is 0 Å². The molecule has 0 N–H and O–H groups in total. The van der Waals surface area contributed by atoms with E-state index in [0.29, 0.717) is 5.41 Å². The summed E-state index contributed by atoms with van der Waals surface area (Å²) in [5, 5.41) is 0. The van der Waals surface area contributed by atoms with Crippen LogP contribution in [0.1, 0.15) is 26.2 Å².